The second kappa shape index (κ2) is 8.11. The normalized spacial score (nSPS) is 19.2. The lowest BCUT2D eigenvalue weighted by atomic mass is 9.85. The van der Waals surface area contributed by atoms with E-state index in [0.29, 0.717) is 5.92 Å². The molecule has 1 aromatic carbocycles. The van der Waals surface area contributed by atoms with Crippen LogP contribution in [0.1, 0.15) is 36.1 Å². The summed E-state index contributed by atoms with van der Waals surface area (Å²) >= 11 is 1.77. The highest BCUT2D eigenvalue weighted by Gasteiger charge is 2.22. The van der Waals surface area contributed by atoms with Crippen LogP contribution >= 0.6 is 11.3 Å². The molecule has 0 radical (unpaired) electrons. The van der Waals surface area contributed by atoms with Crippen LogP contribution < -0.4 is 5.32 Å². The fourth-order valence-electron chi connectivity index (χ4n) is 3.04. The largest absolute Gasteiger partial charge is 0.437 e. The molecule has 3 rings (SSSR count). The van der Waals surface area contributed by atoms with Crippen LogP contribution in [-0.2, 0) is 11.3 Å². The summed E-state index contributed by atoms with van der Waals surface area (Å²) in [5.74, 6) is 0.379. The molecule has 126 valence electrons. The number of anilines is 1. The van der Waals surface area contributed by atoms with Crippen LogP contribution in [0.5, 0.6) is 0 Å². The number of hydrogen-bond donors (Lipinski definition) is 1. The van der Waals surface area contributed by atoms with Crippen molar-refractivity contribution in [2.45, 2.75) is 39.0 Å². The van der Waals surface area contributed by atoms with Gasteiger partial charge in [0, 0.05) is 16.5 Å². The third-order valence-electron chi connectivity index (χ3n) is 4.24. The van der Waals surface area contributed by atoms with Crippen molar-refractivity contribution in [3.63, 3.8) is 0 Å². The quantitative estimate of drug-likeness (QED) is 0.598. The average Bonchev–Trinajstić information content (AvgIpc) is 3.07. The van der Waals surface area contributed by atoms with Crippen molar-refractivity contribution in [2.75, 3.05) is 5.32 Å². The Kier molecular flexibility index (Phi) is 5.64. The molecular weight excluding hydrogens is 320 g/mol. The van der Waals surface area contributed by atoms with Crippen LogP contribution in [0.4, 0.5) is 10.5 Å². The SMILES string of the molecule is Cc1cccc(NC(=O)O/N=C2\CCCCC2Cc2cccs2)c1. The number of rotatable bonds is 4. The minimum Gasteiger partial charge on any atom is -0.298 e. The summed E-state index contributed by atoms with van der Waals surface area (Å²) in [7, 11) is 0. The lowest BCUT2D eigenvalue weighted by molar-refractivity contribution is 0.165. The smallest absolute Gasteiger partial charge is 0.298 e. The van der Waals surface area contributed by atoms with Gasteiger partial charge in [0.2, 0.25) is 0 Å². The first-order valence-electron chi connectivity index (χ1n) is 8.34. The lowest BCUT2D eigenvalue weighted by Crippen LogP contribution is -2.22. The molecule has 1 aliphatic rings. The van der Waals surface area contributed by atoms with Gasteiger partial charge in [-0.3, -0.25) is 10.2 Å². The number of carbonyl (C=O) groups is 1. The summed E-state index contributed by atoms with van der Waals surface area (Å²) in [4.78, 5) is 18.4. The fourth-order valence-corrected chi connectivity index (χ4v) is 3.83. The zero-order valence-corrected chi connectivity index (χ0v) is 14.6. The molecule has 0 aliphatic heterocycles. The molecule has 1 unspecified atom stereocenters. The van der Waals surface area contributed by atoms with Crippen molar-refractivity contribution < 1.29 is 9.63 Å². The molecule has 0 spiro atoms. The molecule has 1 atom stereocenters. The Hall–Kier alpha value is -2.14. The molecule has 4 nitrogen and oxygen atoms in total. The highest BCUT2D eigenvalue weighted by atomic mass is 32.1. The second-order valence-electron chi connectivity index (χ2n) is 6.18. The standard InChI is InChI=1S/C19H22N2O2S/c1-14-6-4-8-16(12-14)20-19(22)23-21-18-10-3-2-7-15(18)13-17-9-5-11-24-17/h4-6,8-9,11-12,15H,2-3,7,10,13H2,1H3,(H,20,22)/b21-18+. The Morgan fingerprint density at radius 3 is 3.04 bits per heavy atom. The predicted molar refractivity (Wildman–Crippen MR) is 98.7 cm³/mol. The Balaban J connectivity index is 1.59. The van der Waals surface area contributed by atoms with Gasteiger partial charge in [-0.05, 0) is 61.7 Å². The maximum absolute atomic E-state index is 12.0. The van der Waals surface area contributed by atoms with Crippen molar-refractivity contribution >= 4 is 28.8 Å². The fraction of sp³-hybridized carbons (Fsp3) is 0.368. The van der Waals surface area contributed by atoms with Crippen molar-refractivity contribution in [2.24, 2.45) is 11.1 Å². The summed E-state index contributed by atoms with van der Waals surface area (Å²) < 4.78 is 0. The van der Waals surface area contributed by atoms with Crippen molar-refractivity contribution in [3.05, 3.63) is 52.2 Å². The van der Waals surface area contributed by atoms with Crippen LogP contribution in [0.2, 0.25) is 0 Å². The van der Waals surface area contributed by atoms with Gasteiger partial charge in [0.05, 0.1) is 5.71 Å². The topological polar surface area (TPSA) is 50.7 Å². The highest BCUT2D eigenvalue weighted by molar-refractivity contribution is 7.09. The first-order valence-corrected chi connectivity index (χ1v) is 9.22. The molecule has 24 heavy (non-hydrogen) atoms. The minimum absolute atomic E-state index is 0.379. The van der Waals surface area contributed by atoms with Crippen LogP contribution in [-0.4, -0.2) is 11.8 Å². The first-order chi connectivity index (χ1) is 11.7. The van der Waals surface area contributed by atoms with Crippen LogP contribution in [0, 0.1) is 12.8 Å². The van der Waals surface area contributed by atoms with Gasteiger partial charge in [0.1, 0.15) is 0 Å². The van der Waals surface area contributed by atoms with E-state index in [0.717, 1.165) is 42.6 Å². The first kappa shape index (κ1) is 16.7. The molecule has 1 N–H and O–H groups in total. The minimum atomic E-state index is -0.534. The maximum atomic E-state index is 12.0. The third kappa shape index (κ3) is 4.68. The summed E-state index contributed by atoms with van der Waals surface area (Å²) in [5, 5.41) is 8.99. The van der Waals surface area contributed by atoms with E-state index in [9.17, 15) is 4.79 Å². The molecule has 1 fully saturated rings. The predicted octanol–water partition coefficient (Wildman–Crippen LogP) is 5.39. The zero-order chi connectivity index (χ0) is 16.8. The van der Waals surface area contributed by atoms with E-state index in [1.165, 1.54) is 11.3 Å². The van der Waals surface area contributed by atoms with Gasteiger partial charge in [0.25, 0.3) is 0 Å². The van der Waals surface area contributed by atoms with Gasteiger partial charge < -0.3 is 0 Å². The van der Waals surface area contributed by atoms with Crippen LogP contribution in [0.25, 0.3) is 0 Å². The molecule has 0 bridgehead atoms. The van der Waals surface area contributed by atoms with Crippen LogP contribution in [0.3, 0.4) is 0 Å². The molecule has 1 aromatic heterocycles. The molecule has 1 aliphatic carbocycles. The van der Waals surface area contributed by atoms with E-state index in [2.05, 4.69) is 28.0 Å². The second-order valence-corrected chi connectivity index (χ2v) is 7.21. The number of benzene rings is 1. The number of amides is 1. The van der Waals surface area contributed by atoms with E-state index in [4.69, 9.17) is 4.84 Å². The van der Waals surface area contributed by atoms with Crippen LogP contribution in [0.15, 0.2) is 46.9 Å². The van der Waals surface area contributed by atoms with E-state index >= 15 is 0 Å². The Bertz CT molecular complexity index is 710. The number of aryl methyl sites for hydroxylation is 1. The molecule has 2 aromatic rings. The summed E-state index contributed by atoms with van der Waals surface area (Å²) in [6.45, 7) is 1.98. The van der Waals surface area contributed by atoms with Gasteiger partial charge in [-0.2, -0.15) is 0 Å². The van der Waals surface area contributed by atoms with E-state index in [-0.39, 0.29) is 0 Å². The molecule has 0 saturated heterocycles. The molecule has 1 amide bonds. The molecule has 1 saturated carbocycles. The number of hydrogen-bond acceptors (Lipinski definition) is 4. The molecule has 5 heteroatoms. The van der Waals surface area contributed by atoms with E-state index < -0.39 is 6.09 Å². The number of oxime groups is 1. The van der Waals surface area contributed by atoms with Gasteiger partial charge in [-0.25, -0.2) is 4.79 Å². The van der Waals surface area contributed by atoms with Gasteiger partial charge >= 0.3 is 6.09 Å². The zero-order valence-electron chi connectivity index (χ0n) is 13.8. The van der Waals surface area contributed by atoms with Crippen molar-refractivity contribution in [1.82, 2.24) is 0 Å². The monoisotopic (exact) mass is 342 g/mol. The number of nitrogens with zero attached hydrogens (tertiary/aromatic N) is 1. The van der Waals surface area contributed by atoms with Crippen molar-refractivity contribution in [1.29, 1.82) is 0 Å². The summed E-state index contributed by atoms with van der Waals surface area (Å²) in [6, 6.07) is 11.8. The summed E-state index contributed by atoms with van der Waals surface area (Å²) in [6.07, 6.45) is 4.80. The lowest BCUT2D eigenvalue weighted by Gasteiger charge is -2.22. The Morgan fingerprint density at radius 2 is 2.25 bits per heavy atom. The highest BCUT2D eigenvalue weighted by Crippen LogP contribution is 2.27. The number of thiophene rings is 1. The van der Waals surface area contributed by atoms with E-state index in [1.807, 2.05) is 31.2 Å². The third-order valence-corrected chi connectivity index (χ3v) is 5.14. The molecular formula is C19H22N2O2S. The Morgan fingerprint density at radius 1 is 1.33 bits per heavy atom. The number of carbonyl (C=O) groups excluding carboxylic acids is 1. The summed E-state index contributed by atoms with van der Waals surface area (Å²) in [5.41, 5.74) is 2.82. The average molecular weight is 342 g/mol. The van der Waals surface area contributed by atoms with Gasteiger partial charge in [0.15, 0.2) is 0 Å². The van der Waals surface area contributed by atoms with E-state index in [1.54, 1.807) is 11.3 Å². The van der Waals surface area contributed by atoms with Crippen molar-refractivity contribution in [3.8, 4) is 0 Å². The Labute approximate surface area is 146 Å². The van der Waals surface area contributed by atoms with Gasteiger partial charge in [-0.15, -0.1) is 11.3 Å². The maximum Gasteiger partial charge on any atom is 0.437 e. The van der Waals surface area contributed by atoms with Gasteiger partial charge in [-0.1, -0.05) is 29.8 Å². The molecule has 1 heterocycles. The number of nitrogens with one attached hydrogen (secondary N) is 1.